The number of hydrogen-bond donors (Lipinski definition) is 2. The molecule has 0 saturated carbocycles. The third kappa shape index (κ3) is 4.51. The number of pyridine rings is 1. The molecule has 0 fully saturated rings. The molecule has 2 aromatic rings. The van der Waals surface area contributed by atoms with Crippen LogP contribution in [-0.2, 0) is 16.6 Å². The Morgan fingerprint density at radius 3 is 2.78 bits per heavy atom. The molecule has 0 saturated heterocycles. The first kappa shape index (κ1) is 16.9. The number of ether oxygens (including phenoxy) is 1. The number of nitrogens with one attached hydrogen (secondary N) is 1. The zero-order valence-electron chi connectivity index (χ0n) is 12.5. The minimum atomic E-state index is -3.85. The van der Waals surface area contributed by atoms with Crippen molar-refractivity contribution in [3.8, 4) is 5.88 Å². The Balaban J connectivity index is 2.12. The number of hydrogen-bond acceptors (Lipinski definition) is 5. The quantitative estimate of drug-likeness (QED) is 0.820. The fourth-order valence-electron chi connectivity index (χ4n) is 1.92. The van der Waals surface area contributed by atoms with E-state index in [1.54, 1.807) is 18.3 Å². The van der Waals surface area contributed by atoms with E-state index in [4.69, 9.17) is 9.88 Å². The molecule has 0 aliphatic carbocycles. The summed E-state index contributed by atoms with van der Waals surface area (Å²) >= 11 is 0. The van der Waals surface area contributed by atoms with E-state index in [9.17, 15) is 13.2 Å². The van der Waals surface area contributed by atoms with E-state index in [0.29, 0.717) is 12.5 Å². The van der Waals surface area contributed by atoms with Crippen molar-refractivity contribution in [3.05, 3.63) is 53.7 Å². The summed E-state index contributed by atoms with van der Waals surface area (Å²) in [5.41, 5.74) is 0.934. The van der Waals surface area contributed by atoms with E-state index >= 15 is 0 Å². The molecule has 7 nitrogen and oxygen atoms in total. The summed E-state index contributed by atoms with van der Waals surface area (Å²) in [6, 6.07) is 9.07. The Labute approximate surface area is 134 Å². The van der Waals surface area contributed by atoms with Crippen molar-refractivity contribution < 1.29 is 17.9 Å². The van der Waals surface area contributed by atoms with Gasteiger partial charge in [-0.05, 0) is 31.2 Å². The molecule has 0 bridgehead atoms. The van der Waals surface area contributed by atoms with E-state index in [2.05, 4.69) is 10.3 Å². The van der Waals surface area contributed by atoms with Gasteiger partial charge in [0.1, 0.15) is 0 Å². The molecule has 1 aromatic carbocycles. The summed E-state index contributed by atoms with van der Waals surface area (Å²) in [4.78, 5) is 16.1. The maximum absolute atomic E-state index is 12.2. The van der Waals surface area contributed by atoms with Crippen LogP contribution < -0.4 is 15.2 Å². The molecule has 0 aliphatic rings. The summed E-state index contributed by atoms with van der Waals surface area (Å²) in [7, 11) is -3.85. The summed E-state index contributed by atoms with van der Waals surface area (Å²) in [6.07, 6.45) is 1.60. The Morgan fingerprint density at radius 1 is 1.30 bits per heavy atom. The maximum Gasteiger partial charge on any atom is 0.251 e. The van der Waals surface area contributed by atoms with Gasteiger partial charge in [-0.3, -0.25) is 4.79 Å². The van der Waals surface area contributed by atoms with Crippen LogP contribution in [0.3, 0.4) is 0 Å². The van der Waals surface area contributed by atoms with Crippen molar-refractivity contribution >= 4 is 15.9 Å². The molecule has 2 rings (SSSR count). The van der Waals surface area contributed by atoms with Gasteiger partial charge in [0, 0.05) is 23.9 Å². The summed E-state index contributed by atoms with van der Waals surface area (Å²) < 4.78 is 28.0. The van der Waals surface area contributed by atoms with Crippen molar-refractivity contribution in [2.75, 3.05) is 6.61 Å². The molecule has 0 radical (unpaired) electrons. The molecule has 1 amide bonds. The largest absolute Gasteiger partial charge is 0.478 e. The second-order valence-corrected chi connectivity index (χ2v) is 6.22. The smallest absolute Gasteiger partial charge is 0.251 e. The number of rotatable bonds is 6. The van der Waals surface area contributed by atoms with Crippen LogP contribution in [0.15, 0.2) is 47.5 Å². The van der Waals surface area contributed by atoms with Gasteiger partial charge >= 0.3 is 0 Å². The van der Waals surface area contributed by atoms with Gasteiger partial charge in [0.05, 0.1) is 11.5 Å². The second-order valence-electron chi connectivity index (χ2n) is 4.66. The number of aromatic nitrogens is 1. The zero-order valence-corrected chi connectivity index (χ0v) is 13.3. The third-order valence-corrected chi connectivity index (χ3v) is 3.91. The average Bonchev–Trinajstić information content (AvgIpc) is 2.53. The van der Waals surface area contributed by atoms with E-state index < -0.39 is 15.9 Å². The van der Waals surface area contributed by atoms with Gasteiger partial charge in [0.2, 0.25) is 15.9 Å². The Bertz CT molecular complexity index is 806. The van der Waals surface area contributed by atoms with Gasteiger partial charge in [-0.25, -0.2) is 18.5 Å². The fourth-order valence-corrected chi connectivity index (χ4v) is 2.48. The first-order valence-corrected chi connectivity index (χ1v) is 8.44. The first-order chi connectivity index (χ1) is 10.9. The molecule has 23 heavy (non-hydrogen) atoms. The predicted octanol–water partition coefficient (Wildman–Crippen LogP) is 1.06. The molecule has 8 heteroatoms. The third-order valence-electron chi connectivity index (χ3n) is 3.00. The fraction of sp³-hybridized carbons (Fsp3) is 0.200. The van der Waals surface area contributed by atoms with Crippen LogP contribution in [0.1, 0.15) is 22.8 Å². The Kier molecular flexibility index (Phi) is 5.30. The average molecular weight is 335 g/mol. The molecule has 0 atom stereocenters. The summed E-state index contributed by atoms with van der Waals surface area (Å²) in [6.45, 7) is 2.52. The minimum absolute atomic E-state index is 0.110. The van der Waals surface area contributed by atoms with Gasteiger partial charge < -0.3 is 10.1 Å². The first-order valence-electron chi connectivity index (χ1n) is 6.89. The van der Waals surface area contributed by atoms with Crippen LogP contribution >= 0.6 is 0 Å². The number of carbonyl (C=O) groups is 1. The number of carbonyl (C=O) groups excluding carboxylic acids is 1. The topological polar surface area (TPSA) is 111 Å². The Hall–Kier alpha value is -2.45. The van der Waals surface area contributed by atoms with E-state index in [0.717, 1.165) is 5.56 Å². The number of nitrogens with zero attached hydrogens (tertiary/aromatic N) is 1. The lowest BCUT2D eigenvalue weighted by molar-refractivity contribution is 0.0950. The van der Waals surface area contributed by atoms with Gasteiger partial charge in [0.25, 0.3) is 5.91 Å². The molecule has 1 aromatic heterocycles. The van der Waals surface area contributed by atoms with Crippen molar-refractivity contribution in [2.45, 2.75) is 18.4 Å². The van der Waals surface area contributed by atoms with Crippen LogP contribution in [0.5, 0.6) is 5.88 Å². The van der Waals surface area contributed by atoms with Crippen molar-refractivity contribution in [1.82, 2.24) is 10.3 Å². The lowest BCUT2D eigenvalue weighted by Gasteiger charge is -2.10. The number of primary sulfonamides is 1. The highest BCUT2D eigenvalue weighted by Gasteiger charge is 2.12. The van der Waals surface area contributed by atoms with E-state index in [1.165, 1.54) is 24.3 Å². The van der Waals surface area contributed by atoms with Gasteiger partial charge in [-0.15, -0.1) is 0 Å². The van der Waals surface area contributed by atoms with Crippen LogP contribution in [0, 0.1) is 0 Å². The molecular weight excluding hydrogens is 318 g/mol. The lowest BCUT2D eigenvalue weighted by Crippen LogP contribution is -2.24. The molecule has 122 valence electrons. The zero-order chi connectivity index (χ0) is 16.9. The van der Waals surface area contributed by atoms with Gasteiger partial charge in [-0.1, -0.05) is 12.1 Å². The molecule has 3 N–H and O–H groups in total. The second kappa shape index (κ2) is 7.21. The van der Waals surface area contributed by atoms with E-state index in [-0.39, 0.29) is 17.0 Å². The molecule has 0 aliphatic heterocycles. The minimum Gasteiger partial charge on any atom is -0.478 e. The normalized spacial score (nSPS) is 11.0. The summed E-state index contributed by atoms with van der Waals surface area (Å²) in [5, 5.41) is 7.76. The van der Waals surface area contributed by atoms with Crippen LogP contribution in [0.25, 0.3) is 0 Å². The van der Waals surface area contributed by atoms with Crippen molar-refractivity contribution in [1.29, 1.82) is 0 Å². The molecule has 1 heterocycles. The van der Waals surface area contributed by atoms with Gasteiger partial charge in [0.15, 0.2) is 0 Å². The van der Waals surface area contributed by atoms with E-state index in [1.807, 2.05) is 6.92 Å². The van der Waals surface area contributed by atoms with Crippen molar-refractivity contribution in [2.24, 2.45) is 5.14 Å². The number of amides is 1. The van der Waals surface area contributed by atoms with Crippen LogP contribution in [-0.4, -0.2) is 25.9 Å². The maximum atomic E-state index is 12.2. The Morgan fingerprint density at radius 2 is 2.09 bits per heavy atom. The number of sulfonamides is 1. The lowest BCUT2D eigenvalue weighted by atomic mass is 10.2. The molecule has 0 unspecified atom stereocenters. The molecular formula is C15H17N3O4S. The monoisotopic (exact) mass is 335 g/mol. The molecule has 0 spiro atoms. The SMILES string of the molecule is CCOc1ncccc1CNC(=O)c1cccc(S(N)(=O)=O)c1. The van der Waals surface area contributed by atoms with Gasteiger partial charge in [-0.2, -0.15) is 0 Å². The predicted molar refractivity (Wildman–Crippen MR) is 84.4 cm³/mol. The van der Waals surface area contributed by atoms with Crippen molar-refractivity contribution in [3.63, 3.8) is 0 Å². The van der Waals surface area contributed by atoms with Crippen LogP contribution in [0.2, 0.25) is 0 Å². The standard InChI is InChI=1S/C15H17N3O4S/c1-2-22-15-12(6-4-8-17-15)10-18-14(19)11-5-3-7-13(9-11)23(16,20)21/h3-9H,2,10H2,1H3,(H,18,19)(H2,16,20,21). The summed E-state index contributed by atoms with van der Waals surface area (Å²) in [5.74, 6) is 0.0374. The highest BCUT2D eigenvalue weighted by Crippen LogP contribution is 2.14. The van der Waals surface area contributed by atoms with Crippen LogP contribution in [0.4, 0.5) is 0 Å². The number of nitrogens with two attached hydrogens (primary N) is 1. The highest BCUT2D eigenvalue weighted by molar-refractivity contribution is 7.89. The number of benzene rings is 1. The highest BCUT2D eigenvalue weighted by atomic mass is 32.2.